The van der Waals surface area contributed by atoms with Crippen molar-refractivity contribution in [1.82, 2.24) is 0 Å². The van der Waals surface area contributed by atoms with Crippen molar-refractivity contribution in [3.05, 3.63) is 41.5 Å². The molecule has 1 rings (SSSR count). The molecule has 0 nitrogen and oxygen atoms in total. The molecule has 13 heavy (non-hydrogen) atoms. The van der Waals surface area contributed by atoms with Crippen molar-refractivity contribution in [3.63, 3.8) is 0 Å². The molecule has 0 heterocycles. The lowest BCUT2D eigenvalue weighted by atomic mass is 10.1. The van der Waals surface area contributed by atoms with Gasteiger partial charge in [0.25, 0.3) is 0 Å². The average Bonchev–Trinajstić information content (AvgIpc) is 2.19. The maximum atomic E-state index is 3.39. The third-order valence-corrected chi connectivity index (χ3v) is 2.43. The molecular formula is C12H15Br. The first-order valence-electron chi connectivity index (χ1n) is 4.68. The van der Waals surface area contributed by atoms with Crippen LogP contribution in [0.2, 0.25) is 0 Å². The monoisotopic (exact) mass is 238 g/mol. The van der Waals surface area contributed by atoms with Gasteiger partial charge in [-0.2, -0.15) is 0 Å². The van der Waals surface area contributed by atoms with Crippen LogP contribution in [0.3, 0.4) is 0 Å². The Bertz CT molecular complexity index is 259. The summed E-state index contributed by atoms with van der Waals surface area (Å²) in [6.07, 6.45) is 6.57. The van der Waals surface area contributed by atoms with Crippen LogP contribution >= 0.6 is 15.9 Å². The Labute approximate surface area is 88.8 Å². The maximum absolute atomic E-state index is 3.39. The van der Waals surface area contributed by atoms with Crippen LogP contribution < -0.4 is 0 Å². The van der Waals surface area contributed by atoms with E-state index in [1.165, 1.54) is 11.1 Å². The Kier molecular flexibility index (Phi) is 4.84. The van der Waals surface area contributed by atoms with E-state index in [0.717, 1.165) is 18.2 Å². The summed E-state index contributed by atoms with van der Waals surface area (Å²) < 4.78 is 0. The fraction of sp³-hybridized carbons (Fsp3) is 0.333. The zero-order valence-corrected chi connectivity index (χ0v) is 9.55. The van der Waals surface area contributed by atoms with Gasteiger partial charge in [0.05, 0.1) is 0 Å². The summed E-state index contributed by atoms with van der Waals surface area (Å²) in [7, 11) is 0. The standard InChI is InChI=1S/C12H15Br/c1-2-11-6-8-12(9-7-11)5-3-4-10-13/h3,5-9H,2,4,10H2,1H3. The molecule has 1 aromatic rings. The topological polar surface area (TPSA) is 0 Å². The van der Waals surface area contributed by atoms with Crippen LogP contribution in [0.1, 0.15) is 24.5 Å². The second-order valence-electron chi connectivity index (χ2n) is 2.98. The third-order valence-electron chi connectivity index (χ3n) is 1.97. The van der Waals surface area contributed by atoms with Crippen molar-refractivity contribution in [3.8, 4) is 0 Å². The van der Waals surface area contributed by atoms with Gasteiger partial charge in [-0.15, -0.1) is 0 Å². The summed E-state index contributed by atoms with van der Waals surface area (Å²) in [4.78, 5) is 0. The predicted molar refractivity (Wildman–Crippen MR) is 63.3 cm³/mol. The van der Waals surface area contributed by atoms with Crippen molar-refractivity contribution in [2.75, 3.05) is 5.33 Å². The van der Waals surface area contributed by atoms with E-state index in [0.29, 0.717) is 0 Å². The molecule has 0 unspecified atom stereocenters. The normalized spacial score (nSPS) is 10.9. The molecule has 0 radical (unpaired) electrons. The molecule has 0 bridgehead atoms. The van der Waals surface area contributed by atoms with Gasteiger partial charge in [-0.3, -0.25) is 0 Å². The van der Waals surface area contributed by atoms with E-state index >= 15 is 0 Å². The number of halogens is 1. The third kappa shape index (κ3) is 3.77. The van der Waals surface area contributed by atoms with Gasteiger partial charge in [0, 0.05) is 5.33 Å². The smallest absolute Gasteiger partial charge is 0.00660 e. The second kappa shape index (κ2) is 5.98. The number of benzene rings is 1. The number of hydrogen-bond acceptors (Lipinski definition) is 0. The quantitative estimate of drug-likeness (QED) is 0.695. The number of allylic oxidation sites excluding steroid dienone is 1. The molecule has 0 saturated carbocycles. The van der Waals surface area contributed by atoms with Crippen LogP contribution in [-0.4, -0.2) is 5.33 Å². The predicted octanol–water partition coefficient (Wildman–Crippen LogP) is 4.05. The van der Waals surface area contributed by atoms with Gasteiger partial charge in [0.15, 0.2) is 0 Å². The van der Waals surface area contributed by atoms with Gasteiger partial charge in [-0.05, 0) is 24.0 Å². The lowest BCUT2D eigenvalue weighted by Crippen LogP contribution is -1.79. The summed E-state index contributed by atoms with van der Waals surface area (Å²) >= 11 is 3.39. The van der Waals surface area contributed by atoms with E-state index in [1.807, 2.05) is 0 Å². The van der Waals surface area contributed by atoms with Gasteiger partial charge in [-0.25, -0.2) is 0 Å². The average molecular weight is 239 g/mol. The molecule has 0 aliphatic heterocycles. The van der Waals surface area contributed by atoms with Gasteiger partial charge in [0.1, 0.15) is 0 Å². The Morgan fingerprint density at radius 2 is 1.92 bits per heavy atom. The SMILES string of the molecule is CCc1ccc(C=CCCBr)cc1. The lowest BCUT2D eigenvalue weighted by molar-refractivity contribution is 1.14. The molecule has 0 atom stereocenters. The van der Waals surface area contributed by atoms with Crippen LogP contribution in [0.5, 0.6) is 0 Å². The number of alkyl halides is 1. The molecule has 0 saturated heterocycles. The first-order chi connectivity index (χ1) is 6.36. The molecule has 0 aliphatic carbocycles. The van der Waals surface area contributed by atoms with Gasteiger partial charge in [-0.1, -0.05) is 59.3 Å². The number of hydrogen-bond donors (Lipinski definition) is 0. The van der Waals surface area contributed by atoms with Gasteiger partial charge in [0.2, 0.25) is 0 Å². The summed E-state index contributed by atoms with van der Waals surface area (Å²) in [6, 6.07) is 8.72. The zero-order valence-electron chi connectivity index (χ0n) is 7.96. The van der Waals surface area contributed by atoms with E-state index in [2.05, 4.69) is 59.3 Å². The molecule has 0 aromatic heterocycles. The largest absolute Gasteiger partial charge is 0.0925 e. The van der Waals surface area contributed by atoms with Crippen LogP contribution in [-0.2, 0) is 6.42 Å². The molecule has 0 fully saturated rings. The fourth-order valence-electron chi connectivity index (χ4n) is 1.15. The van der Waals surface area contributed by atoms with Crippen LogP contribution in [0.25, 0.3) is 6.08 Å². The highest BCUT2D eigenvalue weighted by Gasteiger charge is 1.88. The number of rotatable bonds is 4. The number of aryl methyl sites for hydroxylation is 1. The van der Waals surface area contributed by atoms with E-state index in [9.17, 15) is 0 Å². The molecule has 0 N–H and O–H groups in total. The van der Waals surface area contributed by atoms with E-state index in [-0.39, 0.29) is 0 Å². The zero-order chi connectivity index (χ0) is 9.52. The first-order valence-corrected chi connectivity index (χ1v) is 5.80. The minimum atomic E-state index is 1.04. The fourth-order valence-corrected chi connectivity index (χ4v) is 1.41. The lowest BCUT2D eigenvalue weighted by Gasteiger charge is -1.96. The first kappa shape index (κ1) is 10.5. The molecule has 0 spiro atoms. The highest BCUT2D eigenvalue weighted by molar-refractivity contribution is 9.09. The maximum Gasteiger partial charge on any atom is 0.00660 e. The summed E-state index contributed by atoms with van der Waals surface area (Å²) in [6.45, 7) is 2.18. The Hall–Kier alpha value is -0.560. The highest BCUT2D eigenvalue weighted by Crippen LogP contribution is 2.07. The van der Waals surface area contributed by atoms with Crippen molar-refractivity contribution in [2.45, 2.75) is 19.8 Å². The molecular weight excluding hydrogens is 224 g/mol. The molecule has 70 valence electrons. The Morgan fingerprint density at radius 3 is 2.46 bits per heavy atom. The van der Waals surface area contributed by atoms with Crippen LogP contribution in [0.4, 0.5) is 0 Å². The Balaban J connectivity index is 2.58. The van der Waals surface area contributed by atoms with Crippen molar-refractivity contribution in [2.24, 2.45) is 0 Å². The van der Waals surface area contributed by atoms with Crippen LogP contribution in [0.15, 0.2) is 30.3 Å². The second-order valence-corrected chi connectivity index (χ2v) is 3.77. The summed E-state index contributed by atoms with van der Waals surface area (Å²) in [5.41, 5.74) is 2.69. The highest BCUT2D eigenvalue weighted by atomic mass is 79.9. The van der Waals surface area contributed by atoms with Crippen LogP contribution in [0, 0.1) is 0 Å². The van der Waals surface area contributed by atoms with Crippen molar-refractivity contribution >= 4 is 22.0 Å². The molecule has 0 amide bonds. The van der Waals surface area contributed by atoms with Crippen molar-refractivity contribution in [1.29, 1.82) is 0 Å². The minimum absolute atomic E-state index is 1.04. The van der Waals surface area contributed by atoms with Gasteiger partial charge >= 0.3 is 0 Å². The van der Waals surface area contributed by atoms with Crippen molar-refractivity contribution < 1.29 is 0 Å². The van der Waals surface area contributed by atoms with E-state index < -0.39 is 0 Å². The summed E-state index contributed by atoms with van der Waals surface area (Å²) in [5.74, 6) is 0. The molecule has 1 heteroatoms. The van der Waals surface area contributed by atoms with E-state index in [1.54, 1.807) is 0 Å². The van der Waals surface area contributed by atoms with E-state index in [4.69, 9.17) is 0 Å². The summed E-state index contributed by atoms with van der Waals surface area (Å²) in [5, 5.41) is 1.04. The Morgan fingerprint density at radius 1 is 1.23 bits per heavy atom. The molecule has 0 aliphatic rings. The minimum Gasteiger partial charge on any atom is -0.0925 e. The van der Waals surface area contributed by atoms with Gasteiger partial charge < -0.3 is 0 Å². The molecule has 1 aromatic carbocycles.